The minimum absolute atomic E-state index is 0.110. The summed E-state index contributed by atoms with van der Waals surface area (Å²) in [5.41, 5.74) is 2.73. The number of nitrogens with one attached hydrogen (secondary N) is 1. The van der Waals surface area contributed by atoms with Crippen LogP contribution in [0, 0.1) is 0 Å². The molecule has 1 heterocycles. The number of aromatic nitrogens is 2. The molecule has 1 N–H and O–H groups in total. The third-order valence-electron chi connectivity index (χ3n) is 3.56. The lowest BCUT2D eigenvalue weighted by atomic mass is 9.92. The first-order chi connectivity index (χ1) is 10.6. The Morgan fingerprint density at radius 2 is 1.96 bits per heavy atom. The molecular weight excluding hydrogens is 312 g/mol. The molecule has 1 aromatic carbocycles. The molecule has 5 nitrogen and oxygen atoms in total. The van der Waals surface area contributed by atoms with Gasteiger partial charge in [0.25, 0.3) is 5.91 Å². The van der Waals surface area contributed by atoms with Gasteiger partial charge in [-0.2, -0.15) is 5.10 Å². The summed E-state index contributed by atoms with van der Waals surface area (Å²) in [5, 5.41) is 7.96. The van der Waals surface area contributed by atoms with Crippen LogP contribution in [0.4, 0.5) is 11.4 Å². The molecule has 0 aliphatic heterocycles. The topological polar surface area (TPSA) is 50.2 Å². The van der Waals surface area contributed by atoms with Crippen molar-refractivity contribution in [2.45, 2.75) is 26.2 Å². The molecule has 1 aromatic heterocycles. The number of carbonyl (C=O) groups is 1. The average molecular weight is 335 g/mol. The highest BCUT2D eigenvalue weighted by molar-refractivity contribution is 6.34. The molecule has 0 radical (unpaired) electrons. The van der Waals surface area contributed by atoms with Gasteiger partial charge in [0.05, 0.1) is 22.1 Å². The summed E-state index contributed by atoms with van der Waals surface area (Å²) in [7, 11) is 5.55. The van der Waals surface area contributed by atoms with Crippen LogP contribution in [-0.4, -0.2) is 29.8 Å². The van der Waals surface area contributed by atoms with Crippen LogP contribution < -0.4 is 10.2 Å². The van der Waals surface area contributed by atoms with E-state index in [0.29, 0.717) is 16.4 Å². The first-order valence-electron chi connectivity index (χ1n) is 7.43. The van der Waals surface area contributed by atoms with Crippen LogP contribution in [0.1, 0.15) is 37.0 Å². The Morgan fingerprint density at radius 1 is 1.30 bits per heavy atom. The van der Waals surface area contributed by atoms with Gasteiger partial charge in [-0.15, -0.1) is 0 Å². The van der Waals surface area contributed by atoms with Crippen LogP contribution in [0.3, 0.4) is 0 Å². The first-order valence-corrected chi connectivity index (χ1v) is 7.80. The van der Waals surface area contributed by atoms with Gasteiger partial charge in [0, 0.05) is 26.6 Å². The number of anilines is 2. The maximum absolute atomic E-state index is 12.6. The number of hydrogen-bond donors (Lipinski definition) is 1. The van der Waals surface area contributed by atoms with Crippen molar-refractivity contribution in [1.82, 2.24) is 9.78 Å². The van der Waals surface area contributed by atoms with Crippen molar-refractivity contribution in [3.8, 4) is 0 Å². The molecule has 0 spiro atoms. The van der Waals surface area contributed by atoms with E-state index in [-0.39, 0.29) is 11.3 Å². The molecule has 124 valence electrons. The second-order valence-electron chi connectivity index (χ2n) is 6.77. The number of para-hydroxylation sites is 1. The van der Waals surface area contributed by atoms with Gasteiger partial charge in [-0.3, -0.25) is 9.48 Å². The van der Waals surface area contributed by atoms with Crippen molar-refractivity contribution in [2.75, 3.05) is 24.3 Å². The molecule has 6 heteroatoms. The van der Waals surface area contributed by atoms with Gasteiger partial charge < -0.3 is 10.2 Å². The number of nitrogens with zero attached hydrogens (tertiary/aromatic N) is 3. The predicted octanol–water partition coefficient (Wildman–Crippen LogP) is 3.69. The van der Waals surface area contributed by atoms with Crippen LogP contribution in [0.25, 0.3) is 0 Å². The second kappa shape index (κ2) is 6.24. The van der Waals surface area contributed by atoms with E-state index in [2.05, 4.69) is 31.2 Å². The summed E-state index contributed by atoms with van der Waals surface area (Å²) in [6.07, 6.45) is 0. The summed E-state index contributed by atoms with van der Waals surface area (Å²) in [6.45, 7) is 6.20. The maximum atomic E-state index is 12.6. The van der Waals surface area contributed by atoms with Crippen LogP contribution in [0.15, 0.2) is 24.3 Å². The molecule has 23 heavy (non-hydrogen) atoms. The van der Waals surface area contributed by atoms with E-state index in [0.717, 1.165) is 11.4 Å². The summed E-state index contributed by atoms with van der Waals surface area (Å²) < 4.78 is 1.61. The number of halogens is 1. The molecule has 1 amide bonds. The summed E-state index contributed by atoms with van der Waals surface area (Å²) >= 11 is 6.24. The van der Waals surface area contributed by atoms with E-state index in [4.69, 9.17) is 11.6 Å². The monoisotopic (exact) mass is 334 g/mol. The van der Waals surface area contributed by atoms with Crippen LogP contribution in [0.5, 0.6) is 0 Å². The van der Waals surface area contributed by atoms with Crippen molar-refractivity contribution in [2.24, 2.45) is 7.05 Å². The third-order valence-corrected chi connectivity index (χ3v) is 3.87. The lowest BCUT2D eigenvalue weighted by Gasteiger charge is -2.19. The van der Waals surface area contributed by atoms with Crippen molar-refractivity contribution >= 4 is 28.9 Å². The van der Waals surface area contributed by atoms with Gasteiger partial charge in [0.15, 0.2) is 0 Å². The highest BCUT2D eigenvalue weighted by Gasteiger charge is 2.22. The Hall–Kier alpha value is -2.01. The molecule has 0 saturated heterocycles. The van der Waals surface area contributed by atoms with E-state index < -0.39 is 0 Å². The fraction of sp³-hybridized carbons (Fsp3) is 0.412. The minimum atomic E-state index is -0.208. The molecule has 0 bridgehead atoms. The van der Waals surface area contributed by atoms with Crippen LogP contribution in [0.2, 0.25) is 5.02 Å². The van der Waals surface area contributed by atoms with Gasteiger partial charge >= 0.3 is 0 Å². The quantitative estimate of drug-likeness (QED) is 0.931. The molecule has 0 aliphatic carbocycles. The zero-order valence-corrected chi connectivity index (χ0v) is 15.2. The van der Waals surface area contributed by atoms with Gasteiger partial charge in [0.1, 0.15) is 5.69 Å². The molecule has 0 saturated carbocycles. The van der Waals surface area contributed by atoms with Crippen molar-refractivity contribution in [1.29, 1.82) is 0 Å². The number of rotatable bonds is 3. The molecule has 2 rings (SSSR count). The van der Waals surface area contributed by atoms with Gasteiger partial charge in [-0.25, -0.2) is 0 Å². The first kappa shape index (κ1) is 17.3. The number of carbonyl (C=O) groups excluding carboxylic acids is 1. The zero-order valence-electron chi connectivity index (χ0n) is 14.4. The number of benzene rings is 1. The summed E-state index contributed by atoms with van der Waals surface area (Å²) in [4.78, 5) is 14.5. The van der Waals surface area contributed by atoms with E-state index in [1.807, 2.05) is 37.2 Å². The molecule has 0 atom stereocenters. The fourth-order valence-electron chi connectivity index (χ4n) is 2.30. The summed E-state index contributed by atoms with van der Waals surface area (Å²) in [6, 6.07) is 7.28. The minimum Gasteiger partial charge on any atom is -0.375 e. The predicted molar refractivity (Wildman–Crippen MR) is 95.6 cm³/mol. The Labute approximate surface area is 142 Å². The van der Waals surface area contributed by atoms with Crippen molar-refractivity contribution in [3.63, 3.8) is 0 Å². The van der Waals surface area contributed by atoms with E-state index in [1.165, 1.54) is 0 Å². The standard InChI is InChI=1S/C17H23ClN4O/c1-17(2,3)14-10-13(22(6)20-14)16(23)19-12-9-7-8-11(18)15(12)21(4)5/h7-10H,1-6H3,(H,19,23). The van der Waals surface area contributed by atoms with Crippen molar-refractivity contribution in [3.05, 3.63) is 40.7 Å². The molecule has 2 aromatic rings. The van der Waals surface area contributed by atoms with Crippen LogP contribution >= 0.6 is 11.6 Å². The average Bonchev–Trinajstić information content (AvgIpc) is 2.80. The summed E-state index contributed by atoms with van der Waals surface area (Å²) in [5.74, 6) is -0.208. The van der Waals surface area contributed by atoms with Crippen molar-refractivity contribution < 1.29 is 4.79 Å². The Bertz CT molecular complexity index is 729. The molecule has 0 fully saturated rings. The maximum Gasteiger partial charge on any atom is 0.273 e. The second-order valence-corrected chi connectivity index (χ2v) is 7.18. The smallest absolute Gasteiger partial charge is 0.273 e. The van der Waals surface area contributed by atoms with E-state index >= 15 is 0 Å². The Balaban J connectivity index is 2.34. The third kappa shape index (κ3) is 3.67. The molecule has 0 aliphatic rings. The SMILES string of the molecule is CN(C)c1c(Cl)cccc1NC(=O)c1cc(C(C)(C)C)nn1C. The molecule has 0 unspecified atom stereocenters. The molecular formula is C17H23ClN4O. The number of aryl methyl sites for hydroxylation is 1. The normalized spacial score (nSPS) is 11.4. The highest BCUT2D eigenvalue weighted by Crippen LogP contribution is 2.32. The van der Waals surface area contributed by atoms with E-state index in [1.54, 1.807) is 17.8 Å². The number of hydrogen-bond acceptors (Lipinski definition) is 3. The number of amides is 1. The highest BCUT2D eigenvalue weighted by atomic mass is 35.5. The van der Waals surface area contributed by atoms with E-state index in [9.17, 15) is 4.79 Å². The largest absolute Gasteiger partial charge is 0.375 e. The van der Waals surface area contributed by atoms with Crippen LogP contribution in [-0.2, 0) is 12.5 Å². The van der Waals surface area contributed by atoms with Gasteiger partial charge in [0.2, 0.25) is 0 Å². The zero-order chi connectivity index (χ0) is 17.4. The lowest BCUT2D eigenvalue weighted by molar-refractivity contribution is 0.101. The lowest BCUT2D eigenvalue weighted by Crippen LogP contribution is -2.19. The Kier molecular flexibility index (Phi) is 4.71. The van der Waals surface area contributed by atoms with Gasteiger partial charge in [-0.05, 0) is 18.2 Å². The fourth-order valence-corrected chi connectivity index (χ4v) is 2.65. The van der Waals surface area contributed by atoms with Gasteiger partial charge in [-0.1, -0.05) is 38.4 Å². The Morgan fingerprint density at radius 3 is 2.48 bits per heavy atom.